The molecule has 0 bridgehead atoms. The summed E-state index contributed by atoms with van der Waals surface area (Å²) in [4.78, 5) is 12.4. The number of nitrogens with zero attached hydrogens (tertiary/aromatic N) is 3. The first-order valence-electron chi connectivity index (χ1n) is 10.3. The third-order valence-corrected chi connectivity index (χ3v) is 7.04. The fourth-order valence-electron chi connectivity index (χ4n) is 4.34. The molecule has 7 heteroatoms. The van der Waals surface area contributed by atoms with Crippen LogP contribution in [0.15, 0.2) is 29.4 Å². The fourth-order valence-corrected chi connectivity index (χ4v) is 5.38. The van der Waals surface area contributed by atoms with Crippen molar-refractivity contribution >= 4 is 29.3 Å². The molecule has 1 aromatic heterocycles. The van der Waals surface area contributed by atoms with Gasteiger partial charge in [0.2, 0.25) is 5.91 Å². The van der Waals surface area contributed by atoms with Gasteiger partial charge in [-0.05, 0) is 37.8 Å². The van der Waals surface area contributed by atoms with Gasteiger partial charge in [-0.25, -0.2) is 0 Å². The van der Waals surface area contributed by atoms with Crippen LogP contribution in [0.1, 0.15) is 63.8 Å². The van der Waals surface area contributed by atoms with E-state index in [1.54, 1.807) is 0 Å². The quantitative estimate of drug-likeness (QED) is 0.650. The van der Waals surface area contributed by atoms with Crippen LogP contribution in [0.3, 0.4) is 0 Å². The van der Waals surface area contributed by atoms with Gasteiger partial charge in [-0.15, -0.1) is 10.2 Å². The summed E-state index contributed by atoms with van der Waals surface area (Å²) in [7, 11) is 0. The first kappa shape index (κ1) is 19.8. The summed E-state index contributed by atoms with van der Waals surface area (Å²) < 4.78 is 2.22. The van der Waals surface area contributed by atoms with Gasteiger partial charge in [0.15, 0.2) is 11.0 Å². The van der Waals surface area contributed by atoms with Crippen LogP contribution in [0, 0.1) is 0 Å². The first-order chi connectivity index (χ1) is 13.7. The van der Waals surface area contributed by atoms with Gasteiger partial charge < -0.3 is 5.32 Å². The van der Waals surface area contributed by atoms with E-state index in [1.807, 2.05) is 24.3 Å². The minimum absolute atomic E-state index is 0.0946. The Balaban J connectivity index is 1.50. The highest BCUT2D eigenvalue weighted by atomic mass is 35.5. The molecular formula is C21H27ClN4OS. The Morgan fingerprint density at radius 2 is 1.79 bits per heavy atom. The molecular weight excluding hydrogens is 392 g/mol. The van der Waals surface area contributed by atoms with Crippen LogP contribution in [0.4, 0.5) is 0 Å². The van der Waals surface area contributed by atoms with Crippen molar-refractivity contribution in [2.24, 2.45) is 0 Å². The molecule has 2 aliphatic carbocycles. The summed E-state index contributed by atoms with van der Waals surface area (Å²) in [6, 6.07) is 8.49. The van der Waals surface area contributed by atoms with Crippen LogP contribution in [0.2, 0.25) is 5.02 Å². The summed E-state index contributed by atoms with van der Waals surface area (Å²) in [6.07, 6.45) is 10.6. The molecule has 1 heterocycles. The summed E-state index contributed by atoms with van der Waals surface area (Å²) >= 11 is 7.92. The molecule has 2 saturated carbocycles. The molecule has 2 fully saturated rings. The predicted molar refractivity (Wildman–Crippen MR) is 114 cm³/mol. The van der Waals surface area contributed by atoms with E-state index >= 15 is 0 Å². The summed E-state index contributed by atoms with van der Waals surface area (Å²) in [5.74, 6) is 1.29. The second-order valence-electron chi connectivity index (χ2n) is 7.79. The second-order valence-corrected chi connectivity index (χ2v) is 9.14. The van der Waals surface area contributed by atoms with Crippen molar-refractivity contribution in [2.75, 3.05) is 5.75 Å². The van der Waals surface area contributed by atoms with Gasteiger partial charge in [-0.3, -0.25) is 9.36 Å². The Hall–Kier alpha value is -1.53. The predicted octanol–water partition coefficient (Wildman–Crippen LogP) is 5.25. The van der Waals surface area contributed by atoms with Gasteiger partial charge in [0.05, 0.1) is 10.8 Å². The SMILES string of the molecule is O=C(CSc1nnc(-c2ccccc2Cl)n1C1CCCC1)NC1CCCCC1. The summed E-state index contributed by atoms with van der Waals surface area (Å²) in [6.45, 7) is 0. The maximum absolute atomic E-state index is 12.4. The fraction of sp³-hybridized carbons (Fsp3) is 0.571. The van der Waals surface area contributed by atoms with Crippen LogP contribution in [-0.4, -0.2) is 32.5 Å². The standard InChI is InChI=1S/C21H27ClN4OS/c22-18-13-7-6-12-17(18)20-24-25-21(26(20)16-10-4-5-11-16)28-14-19(27)23-15-8-2-1-3-9-15/h6-7,12-13,15-16H,1-5,8-11,14H2,(H,23,27). The lowest BCUT2D eigenvalue weighted by molar-refractivity contribution is -0.119. The van der Waals surface area contributed by atoms with Gasteiger partial charge >= 0.3 is 0 Å². The van der Waals surface area contributed by atoms with Crippen LogP contribution in [0.5, 0.6) is 0 Å². The van der Waals surface area contributed by atoms with E-state index in [0.717, 1.165) is 42.2 Å². The molecule has 4 rings (SSSR count). The highest BCUT2D eigenvalue weighted by molar-refractivity contribution is 7.99. The lowest BCUT2D eigenvalue weighted by Gasteiger charge is -2.22. The lowest BCUT2D eigenvalue weighted by atomic mass is 9.95. The Bertz CT molecular complexity index is 812. The van der Waals surface area contributed by atoms with Crippen LogP contribution in [0.25, 0.3) is 11.4 Å². The van der Waals surface area contributed by atoms with E-state index in [0.29, 0.717) is 22.9 Å². The van der Waals surface area contributed by atoms with Crippen molar-refractivity contribution in [3.63, 3.8) is 0 Å². The van der Waals surface area contributed by atoms with Crippen molar-refractivity contribution in [3.05, 3.63) is 29.3 Å². The molecule has 28 heavy (non-hydrogen) atoms. The molecule has 0 atom stereocenters. The number of thioether (sulfide) groups is 1. The van der Waals surface area contributed by atoms with Crippen molar-refractivity contribution in [1.82, 2.24) is 20.1 Å². The lowest BCUT2D eigenvalue weighted by Crippen LogP contribution is -2.37. The Labute approximate surface area is 175 Å². The number of amides is 1. The largest absolute Gasteiger partial charge is 0.353 e. The smallest absolute Gasteiger partial charge is 0.230 e. The van der Waals surface area contributed by atoms with Gasteiger partial charge in [-0.1, -0.05) is 67.6 Å². The Kier molecular flexibility index (Phi) is 6.58. The molecule has 2 aliphatic rings. The third kappa shape index (κ3) is 4.54. The summed E-state index contributed by atoms with van der Waals surface area (Å²) in [5, 5.41) is 13.6. The van der Waals surface area contributed by atoms with Crippen LogP contribution in [-0.2, 0) is 4.79 Å². The molecule has 0 saturated heterocycles. The van der Waals surface area contributed by atoms with Crippen molar-refractivity contribution in [2.45, 2.75) is 75.0 Å². The number of hydrogen-bond acceptors (Lipinski definition) is 4. The number of halogens is 1. The molecule has 0 radical (unpaired) electrons. The topological polar surface area (TPSA) is 59.8 Å². The zero-order valence-electron chi connectivity index (χ0n) is 16.1. The van der Waals surface area contributed by atoms with E-state index in [2.05, 4.69) is 20.1 Å². The minimum atomic E-state index is 0.0946. The van der Waals surface area contributed by atoms with E-state index in [9.17, 15) is 4.79 Å². The maximum Gasteiger partial charge on any atom is 0.230 e. The van der Waals surface area contributed by atoms with E-state index in [-0.39, 0.29) is 5.91 Å². The molecule has 0 unspecified atom stereocenters. The number of carbonyl (C=O) groups excluding carboxylic acids is 1. The van der Waals surface area contributed by atoms with Crippen molar-refractivity contribution < 1.29 is 4.79 Å². The molecule has 2 aromatic rings. The average Bonchev–Trinajstić information content (AvgIpc) is 3.37. The minimum Gasteiger partial charge on any atom is -0.353 e. The monoisotopic (exact) mass is 418 g/mol. The van der Waals surface area contributed by atoms with Crippen LogP contribution < -0.4 is 5.32 Å². The van der Waals surface area contributed by atoms with E-state index < -0.39 is 0 Å². The number of benzene rings is 1. The van der Waals surface area contributed by atoms with Crippen molar-refractivity contribution in [3.8, 4) is 11.4 Å². The number of carbonyl (C=O) groups is 1. The van der Waals surface area contributed by atoms with E-state index in [4.69, 9.17) is 11.6 Å². The average molecular weight is 419 g/mol. The number of nitrogens with one attached hydrogen (secondary N) is 1. The van der Waals surface area contributed by atoms with Crippen LogP contribution >= 0.6 is 23.4 Å². The molecule has 5 nitrogen and oxygen atoms in total. The normalized spacial score (nSPS) is 18.5. The molecule has 1 aromatic carbocycles. The Morgan fingerprint density at radius 3 is 2.54 bits per heavy atom. The molecule has 0 aliphatic heterocycles. The summed E-state index contributed by atoms with van der Waals surface area (Å²) in [5.41, 5.74) is 0.905. The number of rotatable bonds is 6. The van der Waals surface area contributed by atoms with Gasteiger partial charge in [0.25, 0.3) is 0 Å². The number of aromatic nitrogens is 3. The highest BCUT2D eigenvalue weighted by Gasteiger charge is 2.26. The van der Waals surface area contributed by atoms with Gasteiger partial charge in [-0.2, -0.15) is 0 Å². The Morgan fingerprint density at radius 1 is 1.07 bits per heavy atom. The molecule has 1 N–H and O–H groups in total. The second kappa shape index (κ2) is 9.31. The van der Waals surface area contributed by atoms with E-state index in [1.165, 1.54) is 43.9 Å². The number of hydrogen-bond donors (Lipinski definition) is 1. The third-order valence-electron chi connectivity index (χ3n) is 5.77. The molecule has 1 amide bonds. The zero-order valence-corrected chi connectivity index (χ0v) is 17.6. The van der Waals surface area contributed by atoms with Gasteiger partial charge in [0, 0.05) is 17.6 Å². The molecule has 0 spiro atoms. The first-order valence-corrected chi connectivity index (χ1v) is 11.7. The maximum atomic E-state index is 12.4. The van der Waals surface area contributed by atoms with Crippen molar-refractivity contribution in [1.29, 1.82) is 0 Å². The highest BCUT2D eigenvalue weighted by Crippen LogP contribution is 2.38. The van der Waals surface area contributed by atoms with Gasteiger partial charge in [0.1, 0.15) is 0 Å². The zero-order chi connectivity index (χ0) is 19.3. The molecule has 150 valence electrons.